The summed E-state index contributed by atoms with van der Waals surface area (Å²) in [6.45, 7) is 0.554. The number of esters is 1. The molecule has 154 valence electrons. The van der Waals surface area contributed by atoms with Crippen LogP contribution in [-0.4, -0.2) is 62.3 Å². The summed E-state index contributed by atoms with van der Waals surface area (Å²) in [6.07, 6.45) is 0. The van der Waals surface area contributed by atoms with Crippen LogP contribution in [0.15, 0.2) is 54.6 Å². The molecule has 8 nitrogen and oxygen atoms in total. The maximum atomic E-state index is 12.6. The lowest BCUT2D eigenvalue weighted by atomic mass is 10.2. The zero-order valence-electron chi connectivity index (χ0n) is 15.9. The normalized spacial score (nSPS) is 15.1. The van der Waals surface area contributed by atoms with Crippen molar-refractivity contribution in [1.29, 1.82) is 0 Å². The van der Waals surface area contributed by atoms with E-state index in [0.717, 1.165) is 5.56 Å². The molecule has 1 fully saturated rings. The van der Waals surface area contributed by atoms with E-state index >= 15 is 0 Å². The first-order valence-electron chi connectivity index (χ1n) is 9.17. The van der Waals surface area contributed by atoms with E-state index in [0.29, 0.717) is 11.3 Å². The molecule has 9 heteroatoms. The minimum Gasteiger partial charge on any atom is -0.452 e. The molecule has 0 atom stereocenters. The van der Waals surface area contributed by atoms with Crippen molar-refractivity contribution in [3.05, 3.63) is 65.7 Å². The average Bonchev–Trinajstić information content (AvgIpc) is 2.73. The Kier molecular flexibility index (Phi) is 6.50. The highest BCUT2D eigenvalue weighted by Crippen LogP contribution is 2.14. The molecule has 1 aliphatic rings. The highest BCUT2D eigenvalue weighted by Gasteiger charge is 2.29. The lowest BCUT2D eigenvalue weighted by Gasteiger charge is -2.33. The van der Waals surface area contributed by atoms with Gasteiger partial charge in [0, 0.05) is 31.9 Å². The van der Waals surface area contributed by atoms with Gasteiger partial charge in [-0.05, 0) is 29.8 Å². The molecule has 1 amide bonds. The molecule has 0 spiro atoms. The van der Waals surface area contributed by atoms with Crippen LogP contribution in [0.4, 0.5) is 5.69 Å². The van der Waals surface area contributed by atoms with Gasteiger partial charge in [0.2, 0.25) is 10.0 Å². The smallest absolute Gasteiger partial charge is 0.338 e. The van der Waals surface area contributed by atoms with Crippen LogP contribution in [0.25, 0.3) is 0 Å². The summed E-state index contributed by atoms with van der Waals surface area (Å²) >= 11 is 0. The first-order chi connectivity index (χ1) is 13.8. The van der Waals surface area contributed by atoms with Gasteiger partial charge in [0.1, 0.15) is 0 Å². The van der Waals surface area contributed by atoms with Crippen LogP contribution in [0.1, 0.15) is 15.9 Å². The number of hydrogen-bond donors (Lipinski definition) is 1. The zero-order valence-corrected chi connectivity index (χ0v) is 16.7. The monoisotopic (exact) mass is 417 g/mol. The number of nitrogens with two attached hydrogens (primary N) is 1. The molecule has 1 heterocycles. The van der Waals surface area contributed by atoms with Gasteiger partial charge in [-0.1, -0.05) is 30.3 Å². The van der Waals surface area contributed by atoms with E-state index in [1.165, 1.54) is 21.3 Å². The second-order valence-corrected chi connectivity index (χ2v) is 8.69. The Labute approximate surface area is 169 Å². The number of benzene rings is 2. The summed E-state index contributed by atoms with van der Waals surface area (Å²) in [5, 5.41) is 0. The van der Waals surface area contributed by atoms with E-state index < -0.39 is 16.0 Å². The molecule has 0 unspecified atom stereocenters. The predicted octanol–water partition coefficient (Wildman–Crippen LogP) is 1.10. The highest BCUT2D eigenvalue weighted by molar-refractivity contribution is 7.88. The van der Waals surface area contributed by atoms with Crippen LogP contribution in [0.5, 0.6) is 0 Å². The van der Waals surface area contributed by atoms with Crippen molar-refractivity contribution in [2.24, 2.45) is 0 Å². The Bertz CT molecular complexity index is 953. The number of rotatable bonds is 6. The summed E-state index contributed by atoms with van der Waals surface area (Å²) in [4.78, 5) is 25.8. The van der Waals surface area contributed by atoms with Crippen molar-refractivity contribution < 1.29 is 22.7 Å². The van der Waals surface area contributed by atoms with E-state index in [-0.39, 0.29) is 44.4 Å². The van der Waals surface area contributed by atoms with Crippen LogP contribution in [0.2, 0.25) is 0 Å². The summed E-state index contributed by atoms with van der Waals surface area (Å²) < 4.78 is 31.6. The summed E-state index contributed by atoms with van der Waals surface area (Å²) in [5.41, 5.74) is 7.13. The zero-order chi connectivity index (χ0) is 20.9. The lowest BCUT2D eigenvalue weighted by molar-refractivity contribution is -0.135. The van der Waals surface area contributed by atoms with Gasteiger partial charge < -0.3 is 15.4 Å². The molecule has 29 heavy (non-hydrogen) atoms. The molecular formula is C20H23N3O5S. The minimum absolute atomic E-state index is 0.0685. The van der Waals surface area contributed by atoms with Gasteiger partial charge in [-0.15, -0.1) is 0 Å². The van der Waals surface area contributed by atoms with Crippen molar-refractivity contribution in [3.63, 3.8) is 0 Å². The number of anilines is 1. The molecule has 2 aromatic rings. The molecule has 1 saturated heterocycles. The first kappa shape index (κ1) is 20.8. The SMILES string of the molecule is Nc1ccc(C(=O)OCC(=O)N2CCN(S(=O)(=O)Cc3ccccc3)CC2)cc1. The second kappa shape index (κ2) is 9.06. The first-order valence-corrected chi connectivity index (χ1v) is 10.8. The molecule has 0 bridgehead atoms. The second-order valence-electron chi connectivity index (χ2n) is 6.72. The van der Waals surface area contributed by atoms with E-state index in [4.69, 9.17) is 10.5 Å². The third-order valence-electron chi connectivity index (χ3n) is 4.65. The third kappa shape index (κ3) is 5.55. The van der Waals surface area contributed by atoms with Gasteiger partial charge in [-0.25, -0.2) is 13.2 Å². The summed E-state index contributed by atoms with van der Waals surface area (Å²) in [5.74, 6) is -1.03. The van der Waals surface area contributed by atoms with Gasteiger partial charge in [-0.2, -0.15) is 4.31 Å². The van der Waals surface area contributed by atoms with Crippen molar-refractivity contribution in [1.82, 2.24) is 9.21 Å². The molecule has 0 radical (unpaired) electrons. The van der Waals surface area contributed by atoms with Crippen LogP contribution in [0.3, 0.4) is 0 Å². The maximum absolute atomic E-state index is 12.6. The van der Waals surface area contributed by atoms with Crippen molar-refractivity contribution in [2.45, 2.75) is 5.75 Å². The fourth-order valence-corrected chi connectivity index (χ4v) is 4.53. The Balaban J connectivity index is 1.47. The fraction of sp³-hybridized carbons (Fsp3) is 0.300. The number of carbonyl (C=O) groups excluding carboxylic acids is 2. The number of sulfonamides is 1. The lowest BCUT2D eigenvalue weighted by Crippen LogP contribution is -2.51. The standard InChI is InChI=1S/C20H23N3O5S/c21-18-8-6-17(7-9-18)20(25)28-14-19(24)22-10-12-23(13-11-22)29(26,27)15-16-4-2-1-3-5-16/h1-9H,10-15,21H2. The summed E-state index contributed by atoms with van der Waals surface area (Å²) in [6, 6.07) is 15.2. The van der Waals surface area contributed by atoms with Crippen molar-refractivity contribution >= 4 is 27.6 Å². The van der Waals surface area contributed by atoms with Crippen LogP contribution < -0.4 is 5.73 Å². The fourth-order valence-electron chi connectivity index (χ4n) is 3.01. The number of amides is 1. The number of carbonyl (C=O) groups is 2. The highest BCUT2D eigenvalue weighted by atomic mass is 32.2. The van der Waals surface area contributed by atoms with Crippen molar-refractivity contribution in [2.75, 3.05) is 38.5 Å². The van der Waals surface area contributed by atoms with Crippen molar-refractivity contribution in [3.8, 4) is 0 Å². The Morgan fingerprint density at radius 1 is 0.931 bits per heavy atom. The van der Waals surface area contributed by atoms with Gasteiger partial charge in [0.25, 0.3) is 5.91 Å². The molecule has 1 aliphatic heterocycles. The molecule has 3 rings (SSSR count). The molecule has 0 aliphatic carbocycles. The third-order valence-corrected chi connectivity index (χ3v) is 6.50. The van der Waals surface area contributed by atoms with E-state index in [1.807, 2.05) is 6.07 Å². The minimum atomic E-state index is -3.45. The number of ether oxygens (including phenoxy) is 1. The molecular weight excluding hydrogens is 394 g/mol. The molecule has 0 saturated carbocycles. The van der Waals surface area contributed by atoms with Gasteiger partial charge in [0.05, 0.1) is 11.3 Å². The van der Waals surface area contributed by atoms with E-state index in [9.17, 15) is 18.0 Å². The Morgan fingerprint density at radius 2 is 1.55 bits per heavy atom. The molecule has 2 aromatic carbocycles. The van der Waals surface area contributed by atoms with Crippen LogP contribution >= 0.6 is 0 Å². The largest absolute Gasteiger partial charge is 0.452 e. The van der Waals surface area contributed by atoms with Crippen LogP contribution in [0, 0.1) is 0 Å². The van der Waals surface area contributed by atoms with E-state index in [2.05, 4.69) is 0 Å². The topological polar surface area (TPSA) is 110 Å². The average molecular weight is 417 g/mol. The van der Waals surface area contributed by atoms with Crippen LogP contribution in [-0.2, 0) is 25.3 Å². The number of hydrogen-bond acceptors (Lipinski definition) is 6. The van der Waals surface area contributed by atoms with E-state index in [1.54, 1.807) is 36.4 Å². The van der Waals surface area contributed by atoms with Gasteiger partial charge in [-0.3, -0.25) is 4.79 Å². The number of nitrogens with zero attached hydrogens (tertiary/aromatic N) is 2. The maximum Gasteiger partial charge on any atom is 0.338 e. The predicted molar refractivity (Wildman–Crippen MR) is 108 cm³/mol. The number of piperazine rings is 1. The molecule has 2 N–H and O–H groups in total. The Morgan fingerprint density at radius 3 is 2.17 bits per heavy atom. The van der Waals surface area contributed by atoms with Gasteiger partial charge in [0.15, 0.2) is 6.61 Å². The van der Waals surface area contributed by atoms with Gasteiger partial charge >= 0.3 is 5.97 Å². The quantitative estimate of drug-likeness (QED) is 0.557. The molecule has 0 aromatic heterocycles. The summed E-state index contributed by atoms with van der Waals surface area (Å²) in [7, 11) is -3.45. The number of nitrogen functional groups attached to an aromatic ring is 1. The Hall–Kier alpha value is -2.91.